The van der Waals surface area contributed by atoms with Gasteiger partial charge < -0.3 is 10.6 Å². The van der Waals surface area contributed by atoms with Gasteiger partial charge in [0.05, 0.1) is 15.6 Å². The van der Waals surface area contributed by atoms with Gasteiger partial charge in [-0.1, -0.05) is 24.1 Å². The Hall–Kier alpha value is -2.42. The summed E-state index contributed by atoms with van der Waals surface area (Å²) in [6.45, 7) is 3.77. The highest BCUT2D eigenvalue weighted by atomic mass is 35.5. The summed E-state index contributed by atoms with van der Waals surface area (Å²) in [4.78, 5) is 23.9. The van der Waals surface area contributed by atoms with E-state index < -0.39 is 15.9 Å². The Labute approximate surface area is 181 Å². The maximum absolute atomic E-state index is 13.0. The predicted molar refractivity (Wildman–Crippen MR) is 117 cm³/mol. The third kappa shape index (κ3) is 5.00. The van der Waals surface area contributed by atoms with Crippen LogP contribution in [0.5, 0.6) is 0 Å². The number of halogens is 1. The molecule has 2 aromatic carbocycles. The number of sulfonamides is 1. The second-order valence-electron chi connectivity index (χ2n) is 7.32. The largest absolute Gasteiger partial charge is 0.326 e. The highest BCUT2D eigenvalue weighted by Gasteiger charge is 2.31. The van der Waals surface area contributed by atoms with Crippen LogP contribution in [0.3, 0.4) is 0 Å². The fraction of sp³-hybridized carbons (Fsp3) is 0.333. The molecule has 1 saturated heterocycles. The number of benzene rings is 2. The first-order chi connectivity index (χ1) is 14.2. The van der Waals surface area contributed by atoms with Gasteiger partial charge in [-0.15, -0.1) is 0 Å². The Bertz CT molecular complexity index is 1070. The molecule has 30 heavy (non-hydrogen) atoms. The summed E-state index contributed by atoms with van der Waals surface area (Å²) in [5.41, 5.74) is 1.07. The van der Waals surface area contributed by atoms with Crippen molar-refractivity contribution < 1.29 is 18.0 Å². The average molecular weight is 450 g/mol. The van der Waals surface area contributed by atoms with Crippen LogP contribution >= 0.6 is 11.6 Å². The minimum Gasteiger partial charge on any atom is -0.326 e. The molecule has 1 aliphatic heterocycles. The molecular formula is C21H24ClN3O4S. The molecule has 0 aliphatic carbocycles. The van der Waals surface area contributed by atoms with Gasteiger partial charge in [-0.05, 0) is 56.2 Å². The summed E-state index contributed by atoms with van der Waals surface area (Å²) < 4.78 is 27.6. The molecule has 2 aromatic rings. The molecular weight excluding hydrogens is 426 g/mol. The van der Waals surface area contributed by atoms with Crippen molar-refractivity contribution >= 4 is 44.8 Å². The number of amides is 2. The number of carbonyl (C=O) groups excluding carboxylic acids is 2. The van der Waals surface area contributed by atoms with Crippen molar-refractivity contribution in [3.8, 4) is 0 Å². The zero-order chi connectivity index (χ0) is 21.9. The lowest BCUT2D eigenvalue weighted by atomic mass is 10.1. The molecule has 1 aliphatic rings. The Morgan fingerprint density at radius 1 is 1.10 bits per heavy atom. The van der Waals surface area contributed by atoms with Crippen molar-refractivity contribution in [1.82, 2.24) is 4.31 Å². The van der Waals surface area contributed by atoms with Crippen LogP contribution in [0.25, 0.3) is 0 Å². The van der Waals surface area contributed by atoms with Crippen LogP contribution in [0.1, 0.15) is 43.5 Å². The fourth-order valence-electron chi connectivity index (χ4n) is 3.45. The summed E-state index contributed by atoms with van der Waals surface area (Å²) in [6.07, 6.45) is 2.67. The van der Waals surface area contributed by atoms with Crippen LogP contribution < -0.4 is 10.6 Å². The van der Waals surface area contributed by atoms with E-state index in [9.17, 15) is 18.0 Å². The van der Waals surface area contributed by atoms with E-state index in [0.29, 0.717) is 17.9 Å². The minimum atomic E-state index is -3.68. The van der Waals surface area contributed by atoms with E-state index in [4.69, 9.17) is 11.6 Å². The number of rotatable bonds is 5. The van der Waals surface area contributed by atoms with Crippen molar-refractivity contribution in [3.63, 3.8) is 0 Å². The predicted octanol–water partition coefficient (Wildman–Crippen LogP) is 4.11. The van der Waals surface area contributed by atoms with Crippen molar-refractivity contribution in [2.24, 2.45) is 0 Å². The molecule has 1 atom stereocenters. The minimum absolute atomic E-state index is 0.0674. The number of piperidine rings is 1. The molecule has 0 spiro atoms. The first kappa shape index (κ1) is 22.3. The first-order valence-electron chi connectivity index (χ1n) is 9.69. The molecule has 1 unspecified atom stereocenters. The summed E-state index contributed by atoms with van der Waals surface area (Å²) in [6, 6.07) is 10.6. The van der Waals surface area contributed by atoms with Gasteiger partial charge >= 0.3 is 0 Å². The van der Waals surface area contributed by atoms with Crippen LogP contribution in [-0.4, -0.2) is 37.1 Å². The Kier molecular flexibility index (Phi) is 6.80. The molecule has 3 rings (SSSR count). The van der Waals surface area contributed by atoms with E-state index in [1.54, 1.807) is 24.3 Å². The molecule has 1 heterocycles. The highest BCUT2D eigenvalue weighted by Crippen LogP contribution is 2.28. The lowest BCUT2D eigenvalue weighted by molar-refractivity contribution is -0.114. The van der Waals surface area contributed by atoms with Gasteiger partial charge in [0.25, 0.3) is 5.91 Å². The van der Waals surface area contributed by atoms with Crippen molar-refractivity contribution in [2.45, 2.75) is 44.0 Å². The molecule has 0 bridgehead atoms. The van der Waals surface area contributed by atoms with Gasteiger partial charge in [-0.3, -0.25) is 9.59 Å². The molecule has 7 nitrogen and oxygen atoms in total. The lowest BCUT2D eigenvalue weighted by Gasteiger charge is -2.32. The van der Waals surface area contributed by atoms with E-state index in [-0.39, 0.29) is 27.4 Å². The fourth-order valence-corrected chi connectivity index (χ4v) is 5.43. The number of nitrogens with one attached hydrogen (secondary N) is 2. The van der Waals surface area contributed by atoms with Crippen molar-refractivity contribution in [2.75, 3.05) is 17.2 Å². The lowest BCUT2D eigenvalue weighted by Crippen LogP contribution is -2.41. The maximum atomic E-state index is 13.0. The van der Waals surface area contributed by atoms with Gasteiger partial charge in [0.1, 0.15) is 0 Å². The topological polar surface area (TPSA) is 95.6 Å². The quantitative estimate of drug-likeness (QED) is 0.717. The second-order valence-corrected chi connectivity index (χ2v) is 9.62. The summed E-state index contributed by atoms with van der Waals surface area (Å²) >= 11 is 6.20. The van der Waals surface area contributed by atoms with Gasteiger partial charge in [-0.25, -0.2) is 8.42 Å². The normalized spacial score (nSPS) is 17.4. The van der Waals surface area contributed by atoms with Gasteiger partial charge in [0.2, 0.25) is 15.9 Å². The Morgan fingerprint density at radius 2 is 1.87 bits per heavy atom. The first-order valence-corrected chi connectivity index (χ1v) is 11.5. The molecule has 0 saturated carbocycles. The highest BCUT2D eigenvalue weighted by molar-refractivity contribution is 7.89. The van der Waals surface area contributed by atoms with Crippen LogP contribution in [0.4, 0.5) is 11.4 Å². The number of hydrogen-bond donors (Lipinski definition) is 2. The van der Waals surface area contributed by atoms with Crippen LogP contribution in [0.15, 0.2) is 47.4 Å². The monoisotopic (exact) mass is 449 g/mol. The third-order valence-electron chi connectivity index (χ3n) is 4.98. The zero-order valence-corrected chi connectivity index (χ0v) is 18.4. The van der Waals surface area contributed by atoms with Crippen LogP contribution in [0.2, 0.25) is 5.02 Å². The van der Waals surface area contributed by atoms with E-state index in [1.165, 1.54) is 29.4 Å². The molecule has 2 amide bonds. The number of carbonyl (C=O) groups is 2. The summed E-state index contributed by atoms with van der Waals surface area (Å²) in [5.74, 6) is -0.711. The molecule has 9 heteroatoms. The molecule has 160 valence electrons. The molecule has 0 radical (unpaired) electrons. The standard InChI is InChI=1S/C21H24ClN3O4S/c1-14-6-3-4-11-25(14)30(28,29)18-8-5-7-16(12-18)21(27)24-20-10-9-17(13-19(20)22)23-15(2)26/h5,7-10,12-14H,3-4,6,11H2,1-2H3,(H,23,26)(H,24,27). The third-order valence-corrected chi connectivity index (χ3v) is 7.30. The summed E-state index contributed by atoms with van der Waals surface area (Å²) in [5, 5.41) is 5.54. The smallest absolute Gasteiger partial charge is 0.255 e. The van der Waals surface area contributed by atoms with Gasteiger partial charge in [0, 0.05) is 30.8 Å². The summed E-state index contributed by atoms with van der Waals surface area (Å²) in [7, 11) is -3.68. The number of nitrogens with zero attached hydrogens (tertiary/aromatic N) is 1. The Balaban J connectivity index is 1.80. The van der Waals surface area contributed by atoms with Gasteiger partial charge in [0.15, 0.2) is 0 Å². The van der Waals surface area contributed by atoms with Crippen molar-refractivity contribution in [1.29, 1.82) is 0 Å². The SMILES string of the molecule is CC(=O)Nc1ccc(NC(=O)c2cccc(S(=O)(=O)N3CCCCC3C)c2)c(Cl)c1. The van der Waals surface area contributed by atoms with E-state index in [2.05, 4.69) is 10.6 Å². The molecule has 1 fully saturated rings. The maximum Gasteiger partial charge on any atom is 0.255 e. The number of anilines is 2. The van der Waals surface area contributed by atoms with Crippen LogP contribution in [0, 0.1) is 0 Å². The zero-order valence-electron chi connectivity index (χ0n) is 16.8. The molecule has 2 N–H and O–H groups in total. The van der Waals surface area contributed by atoms with E-state index in [0.717, 1.165) is 19.3 Å². The average Bonchev–Trinajstić information content (AvgIpc) is 2.70. The van der Waals surface area contributed by atoms with E-state index >= 15 is 0 Å². The number of hydrogen-bond acceptors (Lipinski definition) is 4. The second kappa shape index (κ2) is 9.16. The molecule has 0 aromatic heterocycles. The van der Waals surface area contributed by atoms with Gasteiger partial charge in [-0.2, -0.15) is 4.31 Å². The van der Waals surface area contributed by atoms with E-state index in [1.807, 2.05) is 6.92 Å². The van der Waals surface area contributed by atoms with Crippen LogP contribution in [-0.2, 0) is 14.8 Å². The Morgan fingerprint density at radius 3 is 2.53 bits per heavy atom. The van der Waals surface area contributed by atoms with Crippen molar-refractivity contribution in [3.05, 3.63) is 53.1 Å².